The molecule has 138 valence electrons. The van der Waals surface area contributed by atoms with Crippen molar-refractivity contribution in [3.05, 3.63) is 89.9 Å². The summed E-state index contributed by atoms with van der Waals surface area (Å²) in [4.78, 5) is 4.01. The normalized spacial score (nSPS) is 11.9. The van der Waals surface area contributed by atoms with Gasteiger partial charge in [0.1, 0.15) is 0 Å². The van der Waals surface area contributed by atoms with Gasteiger partial charge in [-0.05, 0) is 35.4 Å². The summed E-state index contributed by atoms with van der Waals surface area (Å²) in [5.74, 6) is -4.43. The fourth-order valence-electron chi connectivity index (χ4n) is 1.96. The highest BCUT2D eigenvalue weighted by atomic mass is 19.3. The standard InChI is InChI=1S/C17H13F5N2.C2H4/c18-13-7-10(8-14(19)15(13)20)6-11(16(23)17(21)22)9-24-12-4-2-1-3-5-12;1-2/h1-5,7-9,17H,6,23H2;1-2H2/b16-11-,24-9?;. The average Bonchev–Trinajstić information content (AvgIpc) is 2.64. The Morgan fingerprint density at radius 2 is 1.58 bits per heavy atom. The van der Waals surface area contributed by atoms with Gasteiger partial charge >= 0.3 is 0 Å². The van der Waals surface area contributed by atoms with E-state index in [4.69, 9.17) is 5.73 Å². The molecule has 0 atom stereocenters. The fourth-order valence-corrected chi connectivity index (χ4v) is 1.96. The highest BCUT2D eigenvalue weighted by Gasteiger charge is 2.15. The highest BCUT2D eigenvalue weighted by Crippen LogP contribution is 2.19. The van der Waals surface area contributed by atoms with E-state index in [1.165, 1.54) is 0 Å². The minimum Gasteiger partial charge on any atom is -0.397 e. The number of nitrogens with zero attached hydrogens (tertiary/aromatic N) is 1. The molecule has 0 aliphatic carbocycles. The highest BCUT2D eigenvalue weighted by molar-refractivity contribution is 5.82. The van der Waals surface area contributed by atoms with Crippen LogP contribution in [0.15, 0.2) is 71.9 Å². The largest absolute Gasteiger partial charge is 0.397 e. The quantitative estimate of drug-likeness (QED) is 0.329. The number of hydrogen-bond acceptors (Lipinski definition) is 2. The van der Waals surface area contributed by atoms with Gasteiger partial charge in [0.2, 0.25) is 0 Å². The predicted molar refractivity (Wildman–Crippen MR) is 93.1 cm³/mol. The minimum absolute atomic E-state index is 0.0375. The molecule has 0 radical (unpaired) electrons. The molecule has 26 heavy (non-hydrogen) atoms. The second-order valence-corrected chi connectivity index (χ2v) is 4.93. The Hall–Kier alpha value is -2.96. The van der Waals surface area contributed by atoms with Crippen molar-refractivity contribution in [3.63, 3.8) is 0 Å². The molecule has 0 heterocycles. The first kappa shape index (κ1) is 21.1. The van der Waals surface area contributed by atoms with Gasteiger partial charge in [-0.15, -0.1) is 13.2 Å². The molecule has 0 aliphatic heterocycles. The number of benzene rings is 2. The Labute approximate surface area is 148 Å². The third-order valence-electron chi connectivity index (χ3n) is 3.17. The number of para-hydroxylation sites is 1. The van der Waals surface area contributed by atoms with Crippen molar-refractivity contribution in [2.24, 2.45) is 10.7 Å². The van der Waals surface area contributed by atoms with Crippen LogP contribution in [-0.4, -0.2) is 12.6 Å². The zero-order valence-corrected chi connectivity index (χ0v) is 13.7. The van der Waals surface area contributed by atoms with Gasteiger partial charge in [0.25, 0.3) is 6.43 Å². The van der Waals surface area contributed by atoms with Gasteiger partial charge in [-0.1, -0.05) is 18.2 Å². The molecular weight excluding hydrogens is 351 g/mol. The maximum Gasteiger partial charge on any atom is 0.278 e. The van der Waals surface area contributed by atoms with E-state index < -0.39 is 29.6 Å². The van der Waals surface area contributed by atoms with E-state index in [9.17, 15) is 22.0 Å². The van der Waals surface area contributed by atoms with Gasteiger partial charge < -0.3 is 5.73 Å². The van der Waals surface area contributed by atoms with Crippen molar-refractivity contribution in [3.8, 4) is 0 Å². The van der Waals surface area contributed by atoms with Gasteiger partial charge in [-0.25, -0.2) is 22.0 Å². The average molecular weight is 368 g/mol. The number of nitrogens with two attached hydrogens (primary N) is 1. The van der Waals surface area contributed by atoms with Gasteiger partial charge in [0, 0.05) is 12.6 Å². The van der Waals surface area contributed by atoms with E-state index in [0.29, 0.717) is 5.69 Å². The van der Waals surface area contributed by atoms with Gasteiger partial charge in [-0.2, -0.15) is 0 Å². The van der Waals surface area contributed by atoms with Crippen LogP contribution in [-0.2, 0) is 6.42 Å². The number of aliphatic imine (C=N–C) groups is 1. The molecule has 0 unspecified atom stereocenters. The SMILES string of the molecule is C=C.N/C(=C(\C=Nc1ccccc1)Cc1cc(F)c(F)c(F)c1)C(F)F. The van der Waals surface area contributed by atoms with E-state index in [0.717, 1.165) is 18.3 Å². The van der Waals surface area contributed by atoms with Crippen LogP contribution in [0.25, 0.3) is 0 Å². The zero-order chi connectivity index (χ0) is 19.7. The van der Waals surface area contributed by atoms with Gasteiger partial charge in [0.15, 0.2) is 17.5 Å². The predicted octanol–water partition coefficient (Wildman–Crippen LogP) is 5.33. The molecule has 0 amide bonds. The maximum atomic E-state index is 13.3. The van der Waals surface area contributed by atoms with Crippen LogP contribution >= 0.6 is 0 Å². The second kappa shape index (κ2) is 10.1. The summed E-state index contributed by atoms with van der Waals surface area (Å²) in [6.07, 6.45) is -2.17. The van der Waals surface area contributed by atoms with Crippen LogP contribution in [0.4, 0.5) is 27.6 Å². The zero-order valence-electron chi connectivity index (χ0n) is 13.7. The van der Waals surface area contributed by atoms with E-state index in [2.05, 4.69) is 18.2 Å². The van der Waals surface area contributed by atoms with Gasteiger partial charge in [0.05, 0.1) is 11.4 Å². The first-order valence-corrected chi connectivity index (χ1v) is 7.37. The Kier molecular flexibility index (Phi) is 8.21. The van der Waals surface area contributed by atoms with Gasteiger partial charge in [-0.3, -0.25) is 4.99 Å². The van der Waals surface area contributed by atoms with Crippen LogP contribution in [0.3, 0.4) is 0 Å². The monoisotopic (exact) mass is 368 g/mol. The van der Waals surface area contributed by atoms with Crippen molar-refractivity contribution in [2.45, 2.75) is 12.8 Å². The summed E-state index contributed by atoms with van der Waals surface area (Å²) in [6, 6.07) is 9.91. The Morgan fingerprint density at radius 1 is 1.04 bits per heavy atom. The maximum absolute atomic E-state index is 13.3. The lowest BCUT2D eigenvalue weighted by molar-refractivity contribution is 0.187. The topological polar surface area (TPSA) is 38.4 Å². The van der Waals surface area contributed by atoms with Crippen molar-refractivity contribution < 1.29 is 22.0 Å². The molecular formula is C19H17F5N2. The molecule has 7 heteroatoms. The summed E-state index contributed by atoms with van der Waals surface area (Å²) < 4.78 is 65.2. The number of alkyl halides is 2. The van der Waals surface area contributed by atoms with Crippen LogP contribution in [0.2, 0.25) is 0 Å². The summed E-state index contributed by atoms with van der Waals surface area (Å²) in [5.41, 5.74) is 4.94. The molecule has 2 aromatic rings. The van der Waals surface area contributed by atoms with Crippen molar-refractivity contribution in [2.75, 3.05) is 0 Å². The van der Waals surface area contributed by atoms with Crippen LogP contribution < -0.4 is 5.73 Å². The number of hydrogen-bond donors (Lipinski definition) is 1. The van der Waals surface area contributed by atoms with E-state index >= 15 is 0 Å². The lowest BCUT2D eigenvalue weighted by Gasteiger charge is -2.09. The second-order valence-electron chi connectivity index (χ2n) is 4.93. The smallest absolute Gasteiger partial charge is 0.278 e. The molecule has 0 spiro atoms. The minimum atomic E-state index is -2.96. The van der Waals surface area contributed by atoms with Crippen molar-refractivity contribution in [1.82, 2.24) is 0 Å². The Balaban J connectivity index is 0.00000163. The summed E-state index contributed by atoms with van der Waals surface area (Å²) >= 11 is 0. The first-order valence-electron chi connectivity index (χ1n) is 7.37. The molecule has 0 aliphatic rings. The summed E-state index contributed by atoms with van der Waals surface area (Å²) in [7, 11) is 0. The molecule has 0 aromatic heterocycles. The van der Waals surface area contributed by atoms with Crippen LogP contribution in [0.1, 0.15) is 5.56 Å². The van der Waals surface area contributed by atoms with E-state index in [1.54, 1.807) is 30.3 Å². The third kappa shape index (κ3) is 5.84. The first-order chi connectivity index (χ1) is 12.4. The number of halogens is 5. The van der Waals surface area contributed by atoms with Crippen molar-refractivity contribution >= 4 is 11.9 Å². The molecule has 0 fully saturated rings. The molecule has 2 aromatic carbocycles. The number of rotatable bonds is 5. The van der Waals surface area contributed by atoms with E-state index in [-0.39, 0.29) is 17.6 Å². The Bertz CT molecular complexity index is 763. The van der Waals surface area contributed by atoms with E-state index in [1.807, 2.05) is 0 Å². The molecule has 2 nitrogen and oxygen atoms in total. The number of allylic oxidation sites excluding steroid dienone is 2. The molecule has 2 rings (SSSR count). The summed E-state index contributed by atoms with van der Waals surface area (Å²) in [5, 5.41) is 0. The molecule has 0 bridgehead atoms. The van der Waals surface area contributed by atoms with Crippen LogP contribution in [0, 0.1) is 17.5 Å². The molecule has 0 saturated heterocycles. The summed E-state index contributed by atoms with van der Waals surface area (Å²) in [6.45, 7) is 6.00. The van der Waals surface area contributed by atoms with Crippen molar-refractivity contribution in [1.29, 1.82) is 0 Å². The lowest BCUT2D eigenvalue weighted by Crippen LogP contribution is -2.14. The Morgan fingerprint density at radius 3 is 2.08 bits per heavy atom. The van der Waals surface area contributed by atoms with Crippen LogP contribution in [0.5, 0.6) is 0 Å². The molecule has 2 N–H and O–H groups in total. The fraction of sp³-hybridized carbons (Fsp3) is 0.105. The third-order valence-corrected chi connectivity index (χ3v) is 3.17. The lowest BCUT2D eigenvalue weighted by atomic mass is 10.0. The molecule has 0 saturated carbocycles.